The third-order valence-electron chi connectivity index (χ3n) is 5.91. The molecule has 1 fully saturated rings. The molecule has 1 saturated heterocycles. The monoisotopic (exact) mass is 408 g/mol. The van der Waals surface area contributed by atoms with Gasteiger partial charge in [-0.15, -0.1) is 12.3 Å². The summed E-state index contributed by atoms with van der Waals surface area (Å²) in [5.74, 6) is 2.90. The summed E-state index contributed by atoms with van der Waals surface area (Å²) < 4.78 is 5.34. The van der Waals surface area contributed by atoms with E-state index in [2.05, 4.69) is 21.5 Å². The molecule has 156 valence electrons. The molecule has 1 aromatic carbocycles. The molecule has 0 bridgehead atoms. The van der Waals surface area contributed by atoms with Gasteiger partial charge < -0.3 is 15.0 Å². The number of benzene rings is 1. The molecule has 2 amide bonds. The number of amides is 2. The second-order valence-electron chi connectivity index (χ2n) is 7.95. The lowest BCUT2D eigenvalue weighted by Crippen LogP contribution is -2.40. The molecule has 0 atom stereocenters. The van der Waals surface area contributed by atoms with E-state index in [0.29, 0.717) is 68.6 Å². The van der Waals surface area contributed by atoms with Crippen molar-refractivity contribution in [2.45, 2.75) is 44.2 Å². The molecular formula is C22H24N4O4. The molecule has 1 N–H and O–H groups in total. The molecule has 8 nitrogen and oxygen atoms in total. The van der Waals surface area contributed by atoms with Crippen LogP contribution in [0.2, 0.25) is 0 Å². The first-order valence-corrected chi connectivity index (χ1v) is 10.3. The Labute approximate surface area is 175 Å². The highest BCUT2D eigenvalue weighted by atomic mass is 16.5. The maximum atomic E-state index is 12.9. The minimum atomic E-state index is -0.443. The highest BCUT2D eigenvalue weighted by Gasteiger charge is 2.40. The number of hydrogen-bond donors (Lipinski definition) is 1. The van der Waals surface area contributed by atoms with Crippen LogP contribution in [0.25, 0.3) is 0 Å². The van der Waals surface area contributed by atoms with Crippen molar-refractivity contribution in [3.63, 3.8) is 0 Å². The lowest BCUT2D eigenvalue weighted by Gasteiger charge is -2.31. The third kappa shape index (κ3) is 4.35. The van der Waals surface area contributed by atoms with Gasteiger partial charge in [0, 0.05) is 50.3 Å². The molecule has 8 heteroatoms. The van der Waals surface area contributed by atoms with Gasteiger partial charge in [0.2, 0.25) is 5.91 Å². The topological polar surface area (TPSA) is 100 Å². The van der Waals surface area contributed by atoms with Crippen LogP contribution < -0.4 is 10.1 Å². The minimum absolute atomic E-state index is 0.0139. The highest BCUT2D eigenvalue weighted by molar-refractivity contribution is 6.01. The van der Waals surface area contributed by atoms with Gasteiger partial charge in [-0.3, -0.25) is 14.4 Å². The van der Waals surface area contributed by atoms with E-state index in [1.807, 2.05) is 4.90 Å². The number of hydrogen-bond acceptors (Lipinski definition) is 6. The van der Waals surface area contributed by atoms with Crippen LogP contribution in [0.4, 0.5) is 5.69 Å². The number of nitrogens with one attached hydrogen (secondary N) is 1. The van der Waals surface area contributed by atoms with Crippen molar-refractivity contribution in [1.82, 2.24) is 4.90 Å². The molecule has 3 aliphatic heterocycles. The van der Waals surface area contributed by atoms with Gasteiger partial charge in [-0.1, -0.05) is 0 Å². The Morgan fingerprint density at radius 1 is 1.27 bits per heavy atom. The van der Waals surface area contributed by atoms with Crippen LogP contribution in [0.5, 0.6) is 5.75 Å². The fourth-order valence-corrected chi connectivity index (χ4v) is 4.00. The predicted octanol–water partition coefficient (Wildman–Crippen LogP) is 2.79. The SMILES string of the molecule is C#CCCC1(CCC(=O)N2CCC(C(=O)c3ccc4c(c3)NC(=O)CO4)CC2)N=N1. The number of Topliss-reactive ketones (excluding diaryl/α,β-unsaturated/α-hetero) is 1. The van der Waals surface area contributed by atoms with E-state index in [1.54, 1.807) is 18.2 Å². The molecule has 0 aromatic heterocycles. The number of anilines is 1. The summed E-state index contributed by atoms with van der Waals surface area (Å²) in [6, 6.07) is 5.11. The Kier molecular flexibility index (Phi) is 5.53. The van der Waals surface area contributed by atoms with E-state index in [-0.39, 0.29) is 30.1 Å². The Balaban J connectivity index is 1.28. The van der Waals surface area contributed by atoms with Crippen molar-refractivity contribution in [2.75, 3.05) is 25.0 Å². The van der Waals surface area contributed by atoms with Gasteiger partial charge in [0.15, 0.2) is 18.1 Å². The van der Waals surface area contributed by atoms with E-state index in [9.17, 15) is 14.4 Å². The van der Waals surface area contributed by atoms with Gasteiger partial charge in [-0.25, -0.2) is 0 Å². The molecule has 3 heterocycles. The number of terminal acetylenes is 1. The minimum Gasteiger partial charge on any atom is -0.482 e. The van der Waals surface area contributed by atoms with Crippen molar-refractivity contribution >= 4 is 23.3 Å². The molecule has 0 saturated carbocycles. The van der Waals surface area contributed by atoms with Crippen LogP contribution in [-0.4, -0.2) is 47.9 Å². The maximum Gasteiger partial charge on any atom is 0.262 e. The summed E-state index contributed by atoms with van der Waals surface area (Å²) in [6.07, 6.45) is 8.83. The molecule has 4 rings (SSSR count). The number of nitrogens with zero attached hydrogens (tertiary/aromatic N) is 3. The van der Waals surface area contributed by atoms with E-state index >= 15 is 0 Å². The summed E-state index contributed by atoms with van der Waals surface area (Å²) in [4.78, 5) is 38.8. The second kappa shape index (κ2) is 8.27. The summed E-state index contributed by atoms with van der Waals surface area (Å²) in [5, 5.41) is 10.9. The number of carbonyl (C=O) groups excluding carboxylic acids is 3. The zero-order chi connectivity index (χ0) is 21.1. The van der Waals surface area contributed by atoms with Crippen LogP contribution in [0.1, 0.15) is 48.9 Å². The predicted molar refractivity (Wildman–Crippen MR) is 109 cm³/mol. The van der Waals surface area contributed by atoms with Gasteiger partial charge in [0.05, 0.1) is 5.69 Å². The number of carbonyl (C=O) groups is 3. The largest absolute Gasteiger partial charge is 0.482 e. The van der Waals surface area contributed by atoms with Gasteiger partial charge in [0.1, 0.15) is 5.75 Å². The average Bonchev–Trinajstić information content (AvgIpc) is 3.55. The fourth-order valence-electron chi connectivity index (χ4n) is 4.00. The Morgan fingerprint density at radius 2 is 2.03 bits per heavy atom. The summed E-state index contributed by atoms with van der Waals surface area (Å²) >= 11 is 0. The number of ketones is 1. The zero-order valence-electron chi connectivity index (χ0n) is 16.7. The number of piperidine rings is 1. The summed E-state index contributed by atoms with van der Waals surface area (Å²) in [7, 11) is 0. The lowest BCUT2D eigenvalue weighted by molar-refractivity contribution is -0.132. The molecule has 30 heavy (non-hydrogen) atoms. The third-order valence-corrected chi connectivity index (χ3v) is 5.91. The van der Waals surface area contributed by atoms with E-state index in [1.165, 1.54) is 0 Å². The normalized spacial score (nSPS) is 19.3. The molecule has 0 aliphatic carbocycles. The Morgan fingerprint density at radius 3 is 2.73 bits per heavy atom. The van der Waals surface area contributed by atoms with Crippen molar-refractivity contribution in [3.8, 4) is 18.1 Å². The zero-order valence-corrected chi connectivity index (χ0v) is 16.7. The lowest BCUT2D eigenvalue weighted by atomic mass is 9.88. The van der Waals surface area contributed by atoms with Crippen molar-refractivity contribution in [2.24, 2.45) is 16.1 Å². The molecule has 1 aromatic rings. The highest BCUT2D eigenvalue weighted by Crippen LogP contribution is 2.38. The Hall–Kier alpha value is -3.21. The smallest absolute Gasteiger partial charge is 0.262 e. The number of likely N-dealkylation sites (tertiary alicyclic amines) is 1. The first kappa shape index (κ1) is 20.1. The molecule has 3 aliphatic rings. The van der Waals surface area contributed by atoms with Gasteiger partial charge in [-0.05, 0) is 31.0 Å². The van der Waals surface area contributed by atoms with Crippen molar-refractivity contribution in [3.05, 3.63) is 23.8 Å². The summed E-state index contributed by atoms with van der Waals surface area (Å²) in [6.45, 7) is 1.11. The molecule has 0 unspecified atom stereocenters. The van der Waals surface area contributed by atoms with Crippen LogP contribution in [0.15, 0.2) is 28.4 Å². The van der Waals surface area contributed by atoms with Crippen molar-refractivity contribution < 1.29 is 19.1 Å². The van der Waals surface area contributed by atoms with Gasteiger partial charge >= 0.3 is 0 Å². The van der Waals surface area contributed by atoms with E-state index < -0.39 is 5.66 Å². The molecular weight excluding hydrogens is 384 g/mol. The van der Waals surface area contributed by atoms with E-state index in [4.69, 9.17) is 11.2 Å². The van der Waals surface area contributed by atoms with Crippen LogP contribution in [0, 0.1) is 18.3 Å². The van der Waals surface area contributed by atoms with Crippen LogP contribution in [-0.2, 0) is 9.59 Å². The summed E-state index contributed by atoms with van der Waals surface area (Å²) in [5.41, 5.74) is 0.637. The average molecular weight is 408 g/mol. The fraction of sp³-hybridized carbons (Fsp3) is 0.500. The number of rotatable bonds is 7. The number of ether oxygens (including phenoxy) is 1. The van der Waals surface area contributed by atoms with E-state index in [0.717, 1.165) is 0 Å². The first-order valence-electron chi connectivity index (χ1n) is 10.3. The van der Waals surface area contributed by atoms with Crippen LogP contribution >= 0.6 is 0 Å². The standard InChI is InChI=1S/C22H24N4O4/c1-2-3-9-22(24-25-22)10-6-20(28)26-11-7-15(8-12-26)21(29)16-4-5-18-17(13-16)23-19(27)14-30-18/h1,4-5,13,15H,3,6-12,14H2,(H,23,27). The van der Waals surface area contributed by atoms with Gasteiger partial charge in [0.25, 0.3) is 5.91 Å². The van der Waals surface area contributed by atoms with Gasteiger partial charge in [-0.2, -0.15) is 10.2 Å². The first-order chi connectivity index (χ1) is 14.5. The molecule has 0 spiro atoms. The molecule has 0 radical (unpaired) electrons. The number of fused-ring (bicyclic) bond motifs is 1. The second-order valence-corrected chi connectivity index (χ2v) is 7.95. The Bertz CT molecular complexity index is 935. The van der Waals surface area contributed by atoms with Crippen molar-refractivity contribution in [1.29, 1.82) is 0 Å². The maximum absolute atomic E-state index is 12.9. The van der Waals surface area contributed by atoms with Crippen LogP contribution in [0.3, 0.4) is 0 Å². The quantitative estimate of drug-likeness (QED) is 0.554.